The van der Waals surface area contributed by atoms with Crippen molar-refractivity contribution in [2.75, 3.05) is 5.33 Å². The third kappa shape index (κ3) is 5.47. The lowest BCUT2D eigenvalue weighted by Gasteiger charge is -2.05. The van der Waals surface area contributed by atoms with Gasteiger partial charge in [0.15, 0.2) is 0 Å². The van der Waals surface area contributed by atoms with Crippen molar-refractivity contribution in [1.29, 1.82) is 0 Å². The van der Waals surface area contributed by atoms with Crippen molar-refractivity contribution in [1.82, 2.24) is 0 Å². The summed E-state index contributed by atoms with van der Waals surface area (Å²) in [4.78, 5) is 0.165. The second kappa shape index (κ2) is 6.21. The number of rotatable bonds is 2. The summed E-state index contributed by atoms with van der Waals surface area (Å²) < 4.78 is 36.3. The van der Waals surface area contributed by atoms with Crippen molar-refractivity contribution in [3.8, 4) is 11.8 Å². The van der Waals surface area contributed by atoms with Gasteiger partial charge < -0.3 is 0 Å². The molecule has 0 nitrogen and oxygen atoms in total. The lowest BCUT2D eigenvalue weighted by atomic mass is 10.2. The first-order chi connectivity index (χ1) is 7.51. The number of benzene rings is 1. The van der Waals surface area contributed by atoms with Crippen molar-refractivity contribution in [2.45, 2.75) is 16.8 Å². The van der Waals surface area contributed by atoms with Crippen LogP contribution in [0.25, 0.3) is 0 Å². The molecule has 0 aliphatic heterocycles. The molecule has 0 aromatic heterocycles. The van der Waals surface area contributed by atoms with Crippen LogP contribution in [0.5, 0.6) is 0 Å². The summed E-state index contributed by atoms with van der Waals surface area (Å²) in [6.45, 7) is 0. The van der Waals surface area contributed by atoms with Crippen LogP contribution in [0.2, 0.25) is 0 Å². The van der Waals surface area contributed by atoms with Gasteiger partial charge in [-0.05, 0) is 30.0 Å². The highest BCUT2D eigenvalue weighted by Crippen LogP contribution is 2.36. The molecule has 0 heterocycles. The predicted octanol–water partition coefficient (Wildman–Crippen LogP) is 4.44. The zero-order valence-electron chi connectivity index (χ0n) is 8.14. The molecular formula is C11H8BrF3S. The second-order valence-electron chi connectivity index (χ2n) is 2.82. The van der Waals surface area contributed by atoms with E-state index in [4.69, 9.17) is 0 Å². The minimum Gasteiger partial charge on any atom is -0.160 e. The number of alkyl halides is 4. The van der Waals surface area contributed by atoms with Crippen LogP contribution in [0, 0.1) is 11.8 Å². The fourth-order valence-corrected chi connectivity index (χ4v) is 1.78. The van der Waals surface area contributed by atoms with Crippen LogP contribution in [-0.4, -0.2) is 10.8 Å². The molecule has 0 bridgehead atoms. The van der Waals surface area contributed by atoms with Crippen LogP contribution in [0.4, 0.5) is 13.2 Å². The first-order valence-electron chi connectivity index (χ1n) is 4.42. The highest BCUT2D eigenvalue weighted by atomic mass is 79.9. The van der Waals surface area contributed by atoms with Crippen LogP contribution in [0.15, 0.2) is 29.2 Å². The van der Waals surface area contributed by atoms with E-state index in [9.17, 15) is 13.2 Å². The lowest BCUT2D eigenvalue weighted by Crippen LogP contribution is -1.98. The predicted molar refractivity (Wildman–Crippen MR) is 63.6 cm³/mol. The van der Waals surface area contributed by atoms with Gasteiger partial charge in [-0.15, -0.1) is 0 Å². The van der Waals surface area contributed by atoms with Gasteiger partial charge in [0.2, 0.25) is 0 Å². The summed E-state index contributed by atoms with van der Waals surface area (Å²) in [6, 6.07) is 6.14. The highest BCUT2D eigenvalue weighted by molar-refractivity contribution is 9.09. The quantitative estimate of drug-likeness (QED) is 0.442. The van der Waals surface area contributed by atoms with Gasteiger partial charge in [0.1, 0.15) is 0 Å². The maximum Gasteiger partial charge on any atom is 0.446 e. The zero-order valence-corrected chi connectivity index (χ0v) is 10.5. The summed E-state index contributed by atoms with van der Waals surface area (Å²) >= 11 is 3.10. The molecule has 0 radical (unpaired) electrons. The van der Waals surface area contributed by atoms with Gasteiger partial charge in [-0.1, -0.05) is 33.8 Å². The van der Waals surface area contributed by atoms with Crippen molar-refractivity contribution in [3.63, 3.8) is 0 Å². The van der Waals surface area contributed by atoms with Gasteiger partial charge in [0, 0.05) is 22.2 Å². The Morgan fingerprint density at radius 3 is 2.69 bits per heavy atom. The van der Waals surface area contributed by atoms with Gasteiger partial charge in [0.05, 0.1) is 0 Å². The van der Waals surface area contributed by atoms with Gasteiger partial charge in [-0.2, -0.15) is 13.2 Å². The van der Waals surface area contributed by atoms with E-state index in [1.54, 1.807) is 12.1 Å². The fraction of sp³-hybridized carbons (Fsp3) is 0.273. The van der Waals surface area contributed by atoms with E-state index in [1.807, 2.05) is 0 Å². The molecule has 16 heavy (non-hydrogen) atoms. The van der Waals surface area contributed by atoms with Crippen molar-refractivity contribution >= 4 is 27.7 Å². The van der Waals surface area contributed by atoms with E-state index < -0.39 is 5.51 Å². The number of halogens is 4. The molecule has 0 saturated carbocycles. The molecule has 0 unspecified atom stereocenters. The SMILES string of the molecule is FC(F)(F)Sc1cccc(C#CCCBr)c1. The Morgan fingerprint density at radius 1 is 1.31 bits per heavy atom. The molecule has 0 aliphatic rings. The monoisotopic (exact) mass is 308 g/mol. The zero-order chi connectivity index (χ0) is 12.0. The first-order valence-corrected chi connectivity index (χ1v) is 6.36. The third-order valence-corrected chi connectivity index (χ3v) is 2.64. The number of hydrogen-bond donors (Lipinski definition) is 0. The van der Waals surface area contributed by atoms with Crippen LogP contribution in [-0.2, 0) is 0 Å². The highest BCUT2D eigenvalue weighted by Gasteiger charge is 2.29. The second-order valence-corrected chi connectivity index (χ2v) is 4.75. The Bertz CT molecular complexity index is 404. The van der Waals surface area contributed by atoms with E-state index in [-0.39, 0.29) is 16.7 Å². The Balaban J connectivity index is 2.76. The molecule has 0 saturated heterocycles. The summed E-state index contributed by atoms with van der Waals surface area (Å²) in [5.41, 5.74) is -3.64. The number of hydrogen-bond acceptors (Lipinski definition) is 1. The summed E-state index contributed by atoms with van der Waals surface area (Å²) in [7, 11) is 0. The maximum absolute atomic E-state index is 12.1. The first kappa shape index (κ1) is 13.5. The molecular weight excluding hydrogens is 301 g/mol. The van der Waals surface area contributed by atoms with Gasteiger partial charge >= 0.3 is 5.51 Å². The molecule has 0 amide bonds. The minimum absolute atomic E-state index is 0.123. The molecule has 0 N–H and O–H groups in total. The maximum atomic E-state index is 12.1. The molecule has 0 atom stereocenters. The summed E-state index contributed by atoms with van der Waals surface area (Å²) in [5.74, 6) is 5.67. The Morgan fingerprint density at radius 2 is 2.06 bits per heavy atom. The van der Waals surface area contributed by atoms with Crippen LogP contribution >= 0.6 is 27.7 Å². The van der Waals surface area contributed by atoms with Gasteiger partial charge in [-0.3, -0.25) is 0 Å². The number of thioether (sulfide) groups is 1. The normalized spacial score (nSPS) is 10.8. The third-order valence-electron chi connectivity index (χ3n) is 1.52. The molecule has 1 aromatic rings. The molecule has 1 aromatic carbocycles. The molecule has 86 valence electrons. The van der Waals surface area contributed by atoms with Crippen molar-refractivity contribution < 1.29 is 13.2 Å². The van der Waals surface area contributed by atoms with Crippen LogP contribution < -0.4 is 0 Å². The van der Waals surface area contributed by atoms with Gasteiger partial charge in [0.25, 0.3) is 0 Å². The topological polar surface area (TPSA) is 0 Å². The Hall–Kier alpha value is -0.600. The largest absolute Gasteiger partial charge is 0.446 e. The van der Waals surface area contributed by atoms with E-state index in [0.29, 0.717) is 12.0 Å². The van der Waals surface area contributed by atoms with E-state index >= 15 is 0 Å². The van der Waals surface area contributed by atoms with E-state index in [0.717, 1.165) is 5.33 Å². The molecule has 0 spiro atoms. The Kier molecular flexibility index (Phi) is 5.23. The molecule has 5 heteroatoms. The standard InChI is InChI=1S/C11H8BrF3S/c12-7-2-1-4-9-5-3-6-10(8-9)16-11(13,14)15/h3,5-6,8H,2,7H2. The van der Waals surface area contributed by atoms with Crippen LogP contribution in [0.3, 0.4) is 0 Å². The van der Waals surface area contributed by atoms with Crippen molar-refractivity contribution in [2.24, 2.45) is 0 Å². The smallest absolute Gasteiger partial charge is 0.160 e. The molecule has 0 aliphatic carbocycles. The summed E-state index contributed by atoms with van der Waals surface area (Å²) in [6.07, 6.45) is 0.677. The average molecular weight is 309 g/mol. The molecule has 1 rings (SSSR count). The minimum atomic E-state index is -4.25. The van der Waals surface area contributed by atoms with Crippen LogP contribution in [0.1, 0.15) is 12.0 Å². The van der Waals surface area contributed by atoms with Gasteiger partial charge in [-0.25, -0.2) is 0 Å². The fourth-order valence-electron chi connectivity index (χ4n) is 0.983. The summed E-state index contributed by atoms with van der Waals surface area (Å²) in [5, 5.41) is 0.761. The Labute approximate surface area is 105 Å². The average Bonchev–Trinajstić information content (AvgIpc) is 2.16. The molecule has 0 fully saturated rings. The van der Waals surface area contributed by atoms with E-state index in [2.05, 4.69) is 27.8 Å². The van der Waals surface area contributed by atoms with Crippen molar-refractivity contribution in [3.05, 3.63) is 29.8 Å². The van der Waals surface area contributed by atoms with E-state index in [1.165, 1.54) is 12.1 Å². The lowest BCUT2D eigenvalue weighted by molar-refractivity contribution is -0.0328.